The van der Waals surface area contributed by atoms with E-state index in [9.17, 15) is 9.90 Å². The highest BCUT2D eigenvalue weighted by Crippen LogP contribution is 2.28. The van der Waals surface area contributed by atoms with Crippen LogP contribution < -0.4 is 0 Å². The Bertz CT molecular complexity index is 226. The maximum Gasteiger partial charge on any atom is 0.165 e. The van der Waals surface area contributed by atoms with Gasteiger partial charge in [-0.3, -0.25) is 4.79 Å². The van der Waals surface area contributed by atoms with Crippen LogP contribution in [-0.2, 0) is 4.79 Å². The number of carbonyl (C=O) groups excluding carboxylic acids is 1. The zero-order valence-electron chi connectivity index (χ0n) is 7.92. The number of allylic oxidation sites excluding steroid dienone is 2. The molecule has 0 spiro atoms. The lowest BCUT2D eigenvalue weighted by Gasteiger charge is -2.22. The number of hydrogen-bond acceptors (Lipinski definition) is 2. The van der Waals surface area contributed by atoms with Crippen LogP contribution in [0.5, 0.6) is 0 Å². The molecule has 0 heterocycles. The average molecular weight is 168 g/mol. The van der Waals surface area contributed by atoms with Gasteiger partial charge in [0, 0.05) is 17.9 Å². The summed E-state index contributed by atoms with van der Waals surface area (Å²) in [6.45, 7) is 5.82. The van der Waals surface area contributed by atoms with E-state index in [1.807, 2.05) is 20.8 Å². The van der Waals surface area contributed by atoms with Crippen LogP contribution in [0.1, 0.15) is 33.6 Å². The fourth-order valence-corrected chi connectivity index (χ4v) is 1.64. The minimum atomic E-state index is 0.0956. The van der Waals surface area contributed by atoms with Crippen LogP contribution in [0.3, 0.4) is 0 Å². The molecular weight excluding hydrogens is 152 g/mol. The highest BCUT2D eigenvalue weighted by atomic mass is 16.3. The van der Waals surface area contributed by atoms with Gasteiger partial charge in [-0.15, -0.1) is 0 Å². The minimum absolute atomic E-state index is 0.0956. The van der Waals surface area contributed by atoms with Gasteiger partial charge in [0.1, 0.15) is 0 Å². The Kier molecular flexibility index (Phi) is 2.55. The maximum absolute atomic E-state index is 11.6. The monoisotopic (exact) mass is 168 g/mol. The Balaban J connectivity index is 2.97. The first-order valence-electron chi connectivity index (χ1n) is 4.50. The molecule has 1 aliphatic rings. The van der Waals surface area contributed by atoms with Gasteiger partial charge in [-0.05, 0) is 12.3 Å². The average Bonchev–Trinajstić information content (AvgIpc) is 1.97. The normalized spacial score (nSPS) is 25.3. The molecule has 68 valence electrons. The van der Waals surface area contributed by atoms with Gasteiger partial charge in [0.15, 0.2) is 5.78 Å². The quantitative estimate of drug-likeness (QED) is 0.653. The van der Waals surface area contributed by atoms with Crippen molar-refractivity contribution >= 4 is 5.78 Å². The van der Waals surface area contributed by atoms with E-state index in [1.165, 1.54) is 0 Å². The number of Topliss-reactive ketones (excluding diaryl/α,β-unsaturated/α-hetero) is 1. The van der Waals surface area contributed by atoms with Gasteiger partial charge in [0.2, 0.25) is 0 Å². The topological polar surface area (TPSA) is 37.3 Å². The van der Waals surface area contributed by atoms with Gasteiger partial charge in [0.05, 0.1) is 5.76 Å². The largest absolute Gasteiger partial charge is 0.512 e. The van der Waals surface area contributed by atoms with E-state index in [2.05, 4.69) is 0 Å². The van der Waals surface area contributed by atoms with Gasteiger partial charge in [-0.2, -0.15) is 0 Å². The first-order valence-corrected chi connectivity index (χ1v) is 4.50. The summed E-state index contributed by atoms with van der Waals surface area (Å²) in [4.78, 5) is 11.6. The second kappa shape index (κ2) is 3.30. The summed E-state index contributed by atoms with van der Waals surface area (Å²) in [5.41, 5.74) is 0.647. The van der Waals surface area contributed by atoms with Crippen molar-refractivity contribution in [2.75, 3.05) is 0 Å². The molecule has 0 saturated carbocycles. The van der Waals surface area contributed by atoms with Crippen molar-refractivity contribution in [3.05, 3.63) is 11.3 Å². The fourth-order valence-electron chi connectivity index (χ4n) is 1.64. The molecule has 1 rings (SSSR count). The molecule has 0 aromatic rings. The molecule has 0 aromatic carbocycles. The predicted octanol–water partition coefficient (Wildman–Crippen LogP) is 2.45. The Morgan fingerprint density at radius 2 is 2.08 bits per heavy atom. The Morgan fingerprint density at radius 1 is 1.50 bits per heavy atom. The summed E-state index contributed by atoms with van der Waals surface area (Å²) < 4.78 is 0. The van der Waals surface area contributed by atoms with Crippen molar-refractivity contribution in [3.8, 4) is 0 Å². The van der Waals surface area contributed by atoms with Gasteiger partial charge >= 0.3 is 0 Å². The maximum atomic E-state index is 11.6. The van der Waals surface area contributed by atoms with E-state index in [-0.39, 0.29) is 17.6 Å². The van der Waals surface area contributed by atoms with Crippen LogP contribution in [0, 0.1) is 11.8 Å². The van der Waals surface area contributed by atoms with E-state index in [0.29, 0.717) is 17.8 Å². The zero-order chi connectivity index (χ0) is 9.30. The number of hydrogen-bond donors (Lipinski definition) is 1. The smallest absolute Gasteiger partial charge is 0.165 e. The number of carbonyl (C=O) groups is 1. The third kappa shape index (κ3) is 1.52. The van der Waals surface area contributed by atoms with Crippen molar-refractivity contribution in [1.29, 1.82) is 0 Å². The molecule has 1 N–H and O–H groups in total. The molecule has 0 fully saturated rings. The highest BCUT2D eigenvalue weighted by Gasteiger charge is 2.27. The molecule has 0 aromatic heterocycles. The zero-order valence-corrected chi connectivity index (χ0v) is 7.92. The summed E-state index contributed by atoms with van der Waals surface area (Å²) in [5.74, 6) is 0.695. The van der Waals surface area contributed by atoms with E-state index < -0.39 is 0 Å². The molecule has 0 bridgehead atoms. The third-order valence-electron chi connectivity index (χ3n) is 2.42. The molecule has 2 heteroatoms. The summed E-state index contributed by atoms with van der Waals surface area (Å²) in [5, 5.41) is 9.49. The lowest BCUT2D eigenvalue weighted by Crippen LogP contribution is -2.23. The van der Waals surface area contributed by atoms with Crippen molar-refractivity contribution in [2.45, 2.75) is 33.6 Å². The van der Waals surface area contributed by atoms with E-state index in [4.69, 9.17) is 0 Å². The third-order valence-corrected chi connectivity index (χ3v) is 2.42. The Morgan fingerprint density at radius 3 is 2.50 bits per heavy atom. The SMILES string of the molecule is CC(C)C1=C(O)CCC(C)C1=O. The molecule has 0 radical (unpaired) electrons. The lowest BCUT2D eigenvalue weighted by molar-refractivity contribution is -0.120. The lowest BCUT2D eigenvalue weighted by atomic mass is 9.83. The van der Waals surface area contributed by atoms with E-state index in [1.54, 1.807) is 0 Å². The number of rotatable bonds is 1. The van der Waals surface area contributed by atoms with Crippen LogP contribution in [0.4, 0.5) is 0 Å². The van der Waals surface area contributed by atoms with Gasteiger partial charge < -0.3 is 5.11 Å². The van der Waals surface area contributed by atoms with Gasteiger partial charge in [-0.25, -0.2) is 0 Å². The van der Waals surface area contributed by atoms with Crippen molar-refractivity contribution in [2.24, 2.45) is 11.8 Å². The number of aliphatic hydroxyl groups is 1. The second-order valence-corrected chi connectivity index (χ2v) is 3.82. The van der Waals surface area contributed by atoms with Crippen LogP contribution in [-0.4, -0.2) is 10.9 Å². The standard InChI is InChI=1S/C10H16O2/c1-6(2)9-8(11)5-4-7(3)10(9)12/h6-7,11H,4-5H2,1-3H3. The Labute approximate surface area is 73.3 Å². The molecule has 12 heavy (non-hydrogen) atoms. The van der Waals surface area contributed by atoms with Crippen LogP contribution in [0.25, 0.3) is 0 Å². The molecule has 1 unspecified atom stereocenters. The predicted molar refractivity (Wildman–Crippen MR) is 47.9 cm³/mol. The summed E-state index contributed by atoms with van der Waals surface area (Å²) in [6, 6.07) is 0. The molecule has 2 nitrogen and oxygen atoms in total. The second-order valence-electron chi connectivity index (χ2n) is 3.82. The highest BCUT2D eigenvalue weighted by molar-refractivity contribution is 5.98. The molecule has 0 amide bonds. The van der Waals surface area contributed by atoms with Crippen LogP contribution in [0.2, 0.25) is 0 Å². The number of ketones is 1. The van der Waals surface area contributed by atoms with Gasteiger partial charge in [-0.1, -0.05) is 20.8 Å². The van der Waals surface area contributed by atoms with Crippen molar-refractivity contribution in [3.63, 3.8) is 0 Å². The molecule has 0 aliphatic heterocycles. The summed E-state index contributed by atoms with van der Waals surface area (Å²) in [7, 11) is 0. The first kappa shape index (κ1) is 9.30. The molecule has 0 saturated heterocycles. The van der Waals surface area contributed by atoms with Crippen LogP contribution >= 0.6 is 0 Å². The number of aliphatic hydroxyl groups excluding tert-OH is 1. The Hall–Kier alpha value is -0.790. The van der Waals surface area contributed by atoms with Gasteiger partial charge in [0.25, 0.3) is 0 Å². The first-order chi connectivity index (χ1) is 5.54. The van der Waals surface area contributed by atoms with E-state index >= 15 is 0 Å². The molecule has 1 atom stereocenters. The van der Waals surface area contributed by atoms with E-state index in [0.717, 1.165) is 6.42 Å². The summed E-state index contributed by atoms with van der Waals surface area (Å²) >= 11 is 0. The van der Waals surface area contributed by atoms with Crippen molar-refractivity contribution in [1.82, 2.24) is 0 Å². The summed E-state index contributed by atoms with van der Waals surface area (Å²) in [6.07, 6.45) is 1.46. The van der Waals surface area contributed by atoms with Crippen LogP contribution in [0.15, 0.2) is 11.3 Å². The minimum Gasteiger partial charge on any atom is -0.512 e. The molecular formula is C10H16O2. The van der Waals surface area contributed by atoms with Crippen molar-refractivity contribution < 1.29 is 9.90 Å². The molecule has 1 aliphatic carbocycles. The fraction of sp³-hybridized carbons (Fsp3) is 0.700.